The number of hydrogen-bond donors (Lipinski definition) is 3. The zero-order chi connectivity index (χ0) is 21.7. The lowest BCUT2D eigenvalue weighted by atomic mass is 10.1. The minimum atomic E-state index is -0.450. The third kappa shape index (κ3) is 5.43. The van der Waals surface area contributed by atoms with Gasteiger partial charge in [-0.25, -0.2) is 4.79 Å². The van der Waals surface area contributed by atoms with Crippen LogP contribution in [-0.2, 0) is 7.05 Å². The number of aromatic hydroxyl groups is 1. The van der Waals surface area contributed by atoms with Gasteiger partial charge in [0.25, 0.3) is 0 Å². The van der Waals surface area contributed by atoms with Crippen molar-refractivity contribution >= 4 is 29.0 Å². The third-order valence-electron chi connectivity index (χ3n) is 4.33. The molecule has 0 fully saturated rings. The predicted molar refractivity (Wildman–Crippen MR) is 118 cm³/mol. The van der Waals surface area contributed by atoms with Gasteiger partial charge in [-0.3, -0.25) is 4.68 Å². The monoisotopic (exact) mass is 429 g/mol. The summed E-state index contributed by atoms with van der Waals surface area (Å²) in [6.45, 7) is 1.31. The summed E-state index contributed by atoms with van der Waals surface area (Å²) in [6.07, 6.45) is 1.71. The number of carbonyl (C=O) groups excluding carboxylic acids is 1. The smallest absolute Gasteiger partial charge is 0.323 e. The molecule has 30 heavy (non-hydrogen) atoms. The molecule has 0 aliphatic rings. The molecule has 3 aromatic rings. The number of likely N-dealkylation sites (N-methyl/N-ethyl adjacent to an activating group) is 1. The number of carbonyl (C=O) groups is 1. The summed E-state index contributed by atoms with van der Waals surface area (Å²) in [5.41, 5.74) is 2.68. The first-order valence-corrected chi connectivity index (χ1v) is 9.68. The molecule has 1 aromatic heterocycles. The van der Waals surface area contributed by atoms with Crippen LogP contribution in [0.5, 0.6) is 11.5 Å². The molecule has 0 saturated carbocycles. The Bertz CT molecular complexity index is 1040. The van der Waals surface area contributed by atoms with E-state index in [1.807, 2.05) is 44.2 Å². The van der Waals surface area contributed by atoms with Crippen molar-refractivity contribution in [2.45, 2.75) is 0 Å². The van der Waals surface area contributed by atoms with Gasteiger partial charge in [-0.05, 0) is 50.5 Å². The topological polar surface area (TPSA) is 91.7 Å². The van der Waals surface area contributed by atoms with Crippen LogP contribution in [0.15, 0.2) is 48.7 Å². The standard InChI is InChI=1S/C21H24ClN5O3/c1-26(2)10-11-30-20-7-5-14(12-16(20)18-8-9-23-27(18)3)24-21(29)25-15-4-6-17(22)19(28)13-15/h4-9,12-13,28H,10-11H2,1-3H3,(H2,24,25,29). The number of halogens is 1. The Morgan fingerprint density at radius 2 is 1.87 bits per heavy atom. The van der Waals surface area contributed by atoms with Crippen LogP contribution >= 0.6 is 11.6 Å². The highest BCUT2D eigenvalue weighted by atomic mass is 35.5. The SMILES string of the molecule is CN(C)CCOc1ccc(NC(=O)Nc2ccc(Cl)c(O)c2)cc1-c1ccnn1C. The van der Waals surface area contributed by atoms with Crippen LogP contribution in [0.4, 0.5) is 16.2 Å². The quantitative estimate of drug-likeness (QED) is 0.527. The van der Waals surface area contributed by atoms with Crippen LogP contribution in [0.1, 0.15) is 0 Å². The maximum Gasteiger partial charge on any atom is 0.323 e. The van der Waals surface area contributed by atoms with Crippen molar-refractivity contribution in [1.82, 2.24) is 14.7 Å². The van der Waals surface area contributed by atoms with E-state index >= 15 is 0 Å². The van der Waals surface area contributed by atoms with E-state index in [1.165, 1.54) is 12.1 Å². The summed E-state index contributed by atoms with van der Waals surface area (Å²) < 4.78 is 7.70. The summed E-state index contributed by atoms with van der Waals surface area (Å²) in [5.74, 6) is 0.598. The summed E-state index contributed by atoms with van der Waals surface area (Å²) in [5, 5.41) is 19.6. The Hall–Kier alpha value is -3.23. The molecule has 0 radical (unpaired) electrons. The van der Waals surface area contributed by atoms with E-state index in [-0.39, 0.29) is 10.8 Å². The summed E-state index contributed by atoms with van der Waals surface area (Å²) >= 11 is 5.79. The van der Waals surface area contributed by atoms with Crippen molar-refractivity contribution in [3.05, 3.63) is 53.7 Å². The number of phenols is 1. The fraction of sp³-hybridized carbons (Fsp3) is 0.238. The number of aryl methyl sites for hydroxylation is 1. The van der Waals surface area contributed by atoms with E-state index in [9.17, 15) is 9.90 Å². The molecule has 1 heterocycles. The minimum Gasteiger partial charge on any atom is -0.506 e. The number of hydrogen-bond acceptors (Lipinski definition) is 5. The number of benzene rings is 2. The van der Waals surface area contributed by atoms with Gasteiger partial charge >= 0.3 is 6.03 Å². The number of amides is 2. The van der Waals surface area contributed by atoms with Gasteiger partial charge in [0.15, 0.2) is 0 Å². The largest absolute Gasteiger partial charge is 0.506 e. The van der Waals surface area contributed by atoms with E-state index < -0.39 is 6.03 Å². The van der Waals surface area contributed by atoms with Gasteiger partial charge in [-0.1, -0.05) is 11.6 Å². The van der Waals surface area contributed by atoms with E-state index in [1.54, 1.807) is 23.0 Å². The molecule has 3 N–H and O–H groups in total. The van der Waals surface area contributed by atoms with Gasteiger partial charge in [0.05, 0.1) is 10.7 Å². The number of nitrogens with one attached hydrogen (secondary N) is 2. The molecular formula is C21H24ClN5O3. The van der Waals surface area contributed by atoms with Crippen LogP contribution in [0, 0.1) is 0 Å². The van der Waals surface area contributed by atoms with E-state index in [2.05, 4.69) is 15.7 Å². The summed E-state index contributed by atoms with van der Waals surface area (Å²) in [4.78, 5) is 14.4. The summed E-state index contributed by atoms with van der Waals surface area (Å²) in [6, 6.07) is 11.3. The highest BCUT2D eigenvalue weighted by molar-refractivity contribution is 6.32. The molecule has 0 spiro atoms. The molecule has 0 aliphatic heterocycles. The molecule has 8 nitrogen and oxygen atoms in total. The number of urea groups is 1. The van der Waals surface area contributed by atoms with Gasteiger partial charge in [0.1, 0.15) is 18.1 Å². The molecule has 158 valence electrons. The Morgan fingerprint density at radius 1 is 1.17 bits per heavy atom. The zero-order valence-electron chi connectivity index (χ0n) is 17.0. The van der Waals surface area contributed by atoms with E-state index in [0.29, 0.717) is 23.7 Å². The molecule has 2 aromatic carbocycles. The molecule has 9 heteroatoms. The van der Waals surface area contributed by atoms with Crippen molar-refractivity contribution in [2.24, 2.45) is 7.05 Å². The van der Waals surface area contributed by atoms with Gasteiger partial charge in [0, 0.05) is 42.8 Å². The fourth-order valence-corrected chi connectivity index (χ4v) is 2.91. The van der Waals surface area contributed by atoms with E-state index in [4.69, 9.17) is 16.3 Å². The first-order chi connectivity index (χ1) is 14.3. The minimum absolute atomic E-state index is 0.104. The molecule has 0 aliphatic carbocycles. The summed E-state index contributed by atoms with van der Waals surface area (Å²) in [7, 11) is 5.81. The third-order valence-corrected chi connectivity index (χ3v) is 4.65. The molecule has 0 atom stereocenters. The Morgan fingerprint density at radius 3 is 2.50 bits per heavy atom. The number of rotatable bonds is 7. The van der Waals surface area contributed by atoms with Crippen molar-refractivity contribution in [3.8, 4) is 22.8 Å². The number of nitrogens with zero attached hydrogens (tertiary/aromatic N) is 3. The first-order valence-electron chi connectivity index (χ1n) is 9.30. The van der Waals surface area contributed by atoms with Gasteiger partial charge in [-0.2, -0.15) is 5.10 Å². The highest BCUT2D eigenvalue weighted by Gasteiger charge is 2.13. The lowest BCUT2D eigenvalue weighted by molar-refractivity contribution is 0.261. The van der Waals surface area contributed by atoms with Crippen molar-refractivity contribution in [3.63, 3.8) is 0 Å². The van der Waals surface area contributed by atoms with Crippen molar-refractivity contribution in [2.75, 3.05) is 37.9 Å². The number of anilines is 2. The lowest BCUT2D eigenvalue weighted by Gasteiger charge is -2.16. The molecular weight excluding hydrogens is 406 g/mol. The van der Waals surface area contributed by atoms with Gasteiger partial charge < -0.3 is 25.4 Å². The molecule has 0 bridgehead atoms. The average molecular weight is 430 g/mol. The lowest BCUT2D eigenvalue weighted by Crippen LogP contribution is -2.20. The van der Waals surface area contributed by atoms with Gasteiger partial charge in [-0.15, -0.1) is 0 Å². The molecule has 2 amide bonds. The highest BCUT2D eigenvalue weighted by Crippen LogP contribution is 2.32. The second-order valence-electron chi connectivity index (χ2n) is 6.95. The van der Waals surface area contributed by atoms with Crippen LogP contribution in [0.3, 0.4) is 0 Å². The molecule has 0 unspecified atom stereocenters. The fourth-order valence-electron chi connectivity index (χ4n) is 2.79. The normalized spacial score (nSPS) is 10.8. The van der Waals surface area contributed by atoms with E-state index in [0.717, 1.165) is 17.8 Å². The van der Waals surface area contributed by atoms with Crippen LogP contribution < -0.4 is 15.4 Å². The maximum atomic E-state index is 12.4. The zero-order valence-corrected chi connectivity index (χ0v) is 17.8. The van der Waals surface area contributed by atoms with Crippen molar-refractivity contribution < 1.29 is 14.6 Å². The Kier molecular flexibility index (Phi) is 6.81. The average Bonchev–Trinajstić information content (AvgIpc) is 3.11. The number of phenolic OH excluding ortho intramolecular Hbond substituents is 1. The predicted octanol–water partition coefficient (Wildman–Crippen LogP) is 4.03. The van der Waals surface area contributed by atoms with Crippen LogP contribution in [-0.4, -0.2) is 53.1 Å². The number of aromatic nitrogens is 2. The second kappa shape index (κ2) is 9.51. The molecule has 3 rings (SSSR count). The van der Waals surface area contributed by atoms with Crippen LogP contribution in [0.2, 0.25) is 5.02 Å². The maximum absolute atomic E-state index is 12.4. The Labute approximate surface area is 180 Å². The molecule has 0 saturated heterocycles. The number of ether oxygens (including phenoxy) is 1. The van der Waals surface area contributed by atoms with Crippen LogP contribution in [0.25, 0.3) is 11.3 Å². The van der Waals surface area contributed by atoms with Crippen molar-refractivity contribution in [1.29, 1.82) is 0 Å². The first kappa shape index (κ1) is 21.5. The van der Waals surface area contributed by atoms with Gasteiger partial charge in [0.2, 0.25) is 0 Å². The second-order valence-corrected chi connectivity index (χ2v) is 7.36. The Balaban J connectivity index is 1.78.